The number of likely N-dealkylation sites (N-methyl/N-ethyl adjacent to an activating group) is 1. The van der Waals surface area contributed by atoms with Crippen LogP contribution in [-0.2, 0) is 6.42 Å². The van der Waals surface area contributed by atoms with Crippen LogP contribution in [-0.4, -0.2) is 21.6 Å². The lowest BCUT2D eigenvalue weighted by atomic mass is 9.99. The van der Waals surface area contributed by atoms with Crippen LogP contribution in [0.1, 0.15) is 22.7 Å². The van der Waals surface area contributed by atoms with Gasteiger partial charge in [-0.05, 0) is 37.6 Å². The predicted molar refractivity (Wildman–Crippen MR) is 84.7 cm³/mol. The lowest BCUT2D eigenvalue weighted by Gasteiger charge is -2.16. The fourth-order valence-electron chi connectivity index (χ4n) is 2.53. The van der Waals surface area contributed by atoms with Crippen LogP contribution in [0, 0.1) is 6.92 Å². The third-order valence-electron chi connectivity index (χ3n) is 3.71. The zero-order chi connectivity index (χ0) is 14.8. The number of hydrogen-bond acceptors (Lipinski definition) is 3. The Labute approximate surface area is 128 Å². The summed E-state index contributed by atoms with van der Waals surface area (Å²) in [7, 11) is 1.95. The quantitative estimate of drug-likeness (QED) is 0.804. The third kappa shape index (κ3) is 2.77. The molecule has 3 rings (SSSR count). The first-order valence-electron chi connectivity index (χ1n) is 6.88. The monoisotopic (exact) mass is 300 g/mol. The van der Waals surface area contributed by atoms with Crippen LogP contribution in [0.2, 0.25) is 5.02 Å². The van der Waals surface area contributed by atoms with Crippen LogP contribution in [0.25, 0.3) is 5.52 Å². The number of aryl methyl sites for hydroxylation is 1. The van der Waals surface area contributed by atoms with E-state index in [2.05, 4.69) is 27.5 Å². The molecule has 1 atom stereocenters. The third-order valence-corrected chi connectivity index (χ3v) is 4.06. The van der Waals surface area contributed by atoms with Gasteiger partial charge >= 0.3 is 0 Å². The van der Waals surface area contributed by atoms with Crippen molar-refractivity contribution in [1.29, 1.82) is 0 Å². The van der Waals surface area contributed by atoms with Gasteiger partial charge in [0.05, 0.1) is 17.9 Å². The van der Waals surface area contributed by atoms with Gasteiger partial charge < -0.3 is 5.32 Å². The minimum atomic E-state index is 0.145. The summed E-state index contributed by atoms with van der Waals surface area (Å²) < 4.78 is 1.84. The molecule has 0 spiro atoms. The Morgan fingerprint density at radius 1 is 1.33 bits per heavy atom. The van der Waals surface area contributed by atoms with E-state index in [9.17, 15) is 0 Å². The normalized spacial score (nSPS) is 12.7. The van der Waals surface area contributed by atoms with Crippen molar-refractivity contribution in [1.82, 2.24) is 19.9 Å². The molecule has 0 aliphatic heterocycles. The molecule has 1 unspecified atom stereocenters. The second kappa shape index (κ2) is 5.84. The average Bonchev–Trinajstić information content (AvgIpc) is 2.91. The smallest absolute Gasteiger partial charge is 0.0892 e. The second-order valence-electron chi connectivity index (χ2n) is 5.15. The summed E-state index contributed by atoms with van der Waals surface area (Å²) in [5, 5.41) is 8.53. The summed E-state index contributed by atoms with van der Waals surface area (Å²) in [5.74, 6) is 0. The van der Waals surface area contributed by atoms with Crippen LogP contribution in [0.3, 0.4) is 0 Å². The van der Waals surface area contributed by atoms with Gasteiger partial charge in [0, 0.05) is 29.0 Å². The molecule has 0 saturated carbocycles. The molecule has 4 nitrogen and oxygen atoms in total. The minimum absolute atomic E-state index is 0.145. The molecule has 0 radical (unpaired) electrons. The highest BCUT2D eigenvalue weighted by Gasteiger charge is 2.16. The van der Waals surface area contributed by atoms with Crippen LogP contribution < -0.4 is 5.32 Å². The Morgan fingerprint density at radius 2 is 2.19 bits per heavy atom. The molecule has 21 heavy (non-hydrogen) atoms. The maximum atomic E-state index is 6.35. The summed E-state index contributed by atoms with van der Waals surface area (Å²) in [4.78, 5) is 4.18. The lowest BCUT2D eigenvalue weighted by molar-refractivity contribution is 0.596. The average molecular weight is 301 g/mol. The van der Waals surface area contributed by atoms with Gasteiger partial charge in [0.25, 0.3) is 0 Å². The zero-order valence-electron chi connectivity index (χ0n) is 12.0. The number of aromatic nitrogens is 3. The largest absolute Gasteiger partial charge is 0.313 e. The second-order valence-corrected chi connectivity index (χ2v) is 5.55. The van der Waals surface area contributed by atoms with E-state index >= 15 is 0 Å². The van der Waals surface area contributed by atoms with E-state index in [4.69, 9.17) is 11.6 Å². The first-order valence-corrected chi connectivity index (χ1v) is 7.26. The van der Waals surface area contributed by atoms with Gasteiger partial charge in [-0.25, -0.2) is 4.52 Å². The molecular weight excluding hydrogens is 284 g/mol. The predicted octanol–water partition coefficient (Wildman–Crippen LogP) is 3.19. The molecule has 0 amide bonds. The van der Waals surface area contributed by atoms with E-state index in [0.717, 1.165) is 28.1 Å². The van der Waals surface area contributed by atoms with Gasteiger partial charge in [-0.1, -0.05) is 23.7 Å². The van der Waals surface area contributed by atoms with E-state index in [1.165, 1.54) is 5.56 Å². The number of rotatable bonds is 4. The fourth-order valence-corrected chi connectivity index (χ4v) is 2.84. The van der Waals surface area contributed by atoms with Crippen molar-refractivity contribution in [3.05, 3.63) is 64.7 Å². The van der Waals surface area contributed by atoms with Gasteiger partial charge in [-0.2, -0.15) is 5.10 Å². The van der Waals surface area contributed by atoms with E-state index < -0.39 is 0 Å². The zero-order valence-corrected chi connectivity index (χ0v) is 12.8. The van der Waals surface area contributed by atoms with Crippen molar-refractivity contribution >= 4 is 17.1 Å². The number of benzene rings is 1. The van der Waals surface area contributed by atoms with E-state index in [1.807, 2.05) is 43.1 Å². The molecule has 2 heterocycles. The first-order chi connectivity index (χ1) is 10.2. The minimum Gasteiger partial charge on any atom is -0.313 e. The highest BCUT2D eigenvalue weighted by molar-refractivity contribution is 6.31. The highest BCUT2D eigenvalue weighted by Crippen LogP contribution is 2.26. The van der Waals surface area contributed by atoms with Crippen molar-refractivity contribution in [3.8, 4) is 0 Å². The van der Waals surface area contributed by atoms with Crippen LogP contribution in [0.4, 0.5) is 0 Å². The molecule has 0 aliphatic carbocycles. The summed E-state index contributed by atoms with van der Waals surface area (Å²) in [5.41, 5.74) is 4.44. The summed E-state index contributed by atoms with van der Waals surface area (Å²) in [6.07, 6.45) is 8.12. The van der Waals surface area contributed by atoms with Gasteiger partial charge in [-0.3, -0.25) is 4.98 Å². The van der Waals surface area contributed by atoms with Gasteiger partial charge in [0.2, 0.25) is 0 Å². The molecule has 2 aromatic heterocycles. The van der Waals surface area contributed by atoms with Crippen LogP contribution in [0.5, 0.6) is 0 Å². The Hall–Kier alpha value is -1.91. The van der Waals surface area contributed by atoms with E-state index in [0.29, 0.717) is 0 Å². The van der Waals surface area contributed by atoms with Gasteiger partial charge in [0.1, 0.15) is 0 Å². The van der Waals surface area contributed by atoms with Crippen molar-refractivity contribution in [2.75, 3.05) is 7.05 Å². The fraction of sp³-hybridized carbons (Fsp3) is 0.250. The molecule has 108 valence electrons. The van der Waals surface area contributed by atoms with E-state index in [1.54, 1.807) is 6.20 Å². The topological polar surface area (TPSA) is 42.2 Å². The Kier molecular flexibility index (Phi) is 3.90. The van der Waals surface area contributed by atoms with Gasteiger partial charge in [-0.15, -0.1) is 0 Å². The summed E-state index contributed by atoms with van der Waals surface area (Å²) >= 11 is 6.35. The molecule has 1 aromatic carbocycles. The molecule has 0 fully saturated rings. The number of nitrogens with zero attached hydrogens (tertiary/aromatic N) is 3. The molecule has 0 bridgehead atoms. The maximum Gasteiger partial charge on any atom is 0.0892 e. The molecule has 0 saturated heterocycles. The number of halogens is 1. The van der Waals surface area contributed by atoms with Crippen molar-refractivity contribution in [2.45, 2.75) is 19.4 Å². The van der Waals surface area contributed by atoms with Crippen molar-refractivity contribution < 1.29 is 0 Å². The number of fused-ring (bicyclic) bond motifs is 1. The van der Waals surface area contributed by atoms with E-state index in [-0.39, 0.29) is 6.04 Å². The lowest BCUT2D eigenvalue weighted by Crippen LogP contribution is -2.19. The molecule has 0 aliphatic rings. The molecule has 3 aromatic rings. The molecule has 5 heteroatoms. The summed E-state index contributed by atoms with van der Waals surface area (Å²) in [6.45, 7) is 2.04. The maximum absolute atomic E-state index is 6.35. The van der Waals surface area contributed by atoms with Gasteiger partial charge in [0.15, 0.2) is 0 Å². The SMILES string of the molecule is CNC(Cc1ccc(C)cc1Cl)c1cnn2ccncc12. The first kappa shape index (κ1) is 14.0. The van der Waals surface area contributed by atoms with Crippen molar-refractivity contribution in [3.63, 3.8) is 0 Å². The number of nitrogens with one attached hydrogen (secondary N) is 1. The van der Waals surface area contributed by atoms with Crippen LogP contribution in [0.15, 0.2) is 43.0 Å². The Bertz CT molecular complexity index is 766. The van der Waals surface area contributed by atoms with Crippen molar-refractivity contribution in [2.24, 2.45) is 0 Å². The standard InChI is InChI=1S/C16H17ClN4/c1-11-3-4-12(14(17)7-11)8-15(18-2)13-9-20-21-6-5-19-10-16(13)21/h3-7,9-10,15,18H,8H2,1-2H3. The Balaban J connectivity index is 1.95. The van der Waals surface area contributed by atoms with Crippen LogP contribution >= 0.6 is 11.6 Å². The highest BCUT2D eigenvalue weighted by atomic mass is 35.5. The number of hydrogen-bond donors (Lipinski definition) is 1. The molecule has 1 N–H and O–H groups in total. The molecular formula is C16H17ClN4. The Morgan fingerprint density at radius 3 is 2.95 bits per heavy atom. The summed E-state index contributed by atoms with van der Waals surface area (Å²) in [6, 6.07) is 6.32.